The SMILES string of the molecule is O=C(c1cccc(F)c1)N(Cc1ccccc1Cl)C[C@@H]1CC(c2ccc(F)cc2)=NO1. The van der Waals surface area contributed by atoms with Gasteiger partial charge >= 0.3 is 0 Å². The summed E-state index contributed by atoms with van der Waals surface area (Å²) in [4.78, 5) is 20.3. The van der Waals surface area contributed by atoms with Gasteiger partial charge in [-0.2, -0.15) is 0 Å². The van der Waals surface area contributed by atoms with Crippen LogP contribution in [0.3, 0.4) is 0 Å². The van der Waals surface area contributed by atoms with Gasteiger partial charge in [0.1, 0.15) is 11.6 Å². The van der Waals surface area contributed by atoms with Crippen molar-refractivity contribution < 1.29 is 18.4 Å². The molecule has 1 heterocycles. The Morgan fingerprint density at radius 1 is 1.03 bits per heavy atom. The van der Waals surface area contributed by atoms with Crippen LogP contribution in [-0.4, -0.2) is 29.2 Å². The predicted molar refractivity (Wildman–Crippen MR) is 115 cm³/mol. The van der Waals surface area contributed by atoms with Gasteiger partial charge in [0.2, 0.25) is 0 Å². The molecule has 158 valence electrons. The topological polar surface area (TPSA) is 41.9 Å². The van der Waals surface area contributed by atoms with E-state index in [2.05, 4.69) is 5.16 Å². The molecule has 31 heavy (non-hydrogen) atoms. The molecule has 0 bridgehead atoms. The third kappa shape index (κ3) is 5.09. The van der Waals surface area contributed by atoms with E-state index in [1.807, 2.05) is 18.2 Å². The molecular weight excluding hydrogens is 422 g/mol. The highest BCUT2D eigenvalue weighted by Crippen LogP contribution is 2.22. The van der Waals surface area contributed by atoms with Gasteiger partial charge in [-0.25, -0.2) is 8.78 Å². The summed E-state index contributed by atoms with van der Waals surface area (Å²) >= 11 is 6.29. The molecule has 7 heteroatoms. The Morgan fingerprint density at radius 2 is 1.81 bits per heavy atom. The Kier molecular flexibility index (Phi) is 6.28. The van der Waals surface area contributed by atoms with Crippen molar-refractivity contribution in [3.8, 4) is 0 Å². The van der Waals surface area contributed by atoms with Crippen LogP contribution in [0.25, 0.3) is 0 Å². The lowest BCUT2D eigenvalue weighted by Crippen LogP contribution is -2.37. The molecule has 3 aromatic rings. The number of oxime groups is 1. The van der Waals surface area contributed by atoms with Gasteiger partial charge in [-0.3, -0.25) is 4.79 Å². The molecule has 1 amide bonds. The van der Waals surface area contributed by atoms with Crippen molar-refractivity contribution in [2.75, 3.05) is 6.54 Å². The average molecular weight is 441 g/mol. The molecule has 1 aliphatic rings. The van der Waals surface area contributed by atoms with E-state index >= 15 is 0 Å². The number of carbonyl (C=O) groups is 1. The number of hydrogen-bond acceptors (Lipinski definition) is 3. The number of benzene rings is 3. The second-order valence-corrected chi connectivity index (χ2v) is 7.67. The van der Waals surface area contributed by atoms with Gasteiger partial charge in [-0.15, -0.1) is 0 Å². The zero-order chi connectivity index (χ0) is 21.8. The maximum absolute atomic E-state index is 13.7. The molecule has 0 saturated heterocycles. The molecule has 0 aromatic heterocycles. The fourth-order valence-electron chi connectivity index (χ4n) is 3.44. The number of carbonyl (C=O) groups excluding carboxylic acids is 1. The Morgan fingerprint density at radius 3 is 2.55 bits per heavy atom. The van der Waals surface area contributed by atoms with Crippen LogP contribution in [0.2, 0.25) is 5.02 Å². The summed E-state index contributed by atoms with van der Waals surface area (Å²) in [7, 11) is 0. The maximum atomic E-state index is 13.7. The molecule has 1 aliphatic heterocycles. The zero-order valence-corrected chi connectivity index (χ0v) is 17.2. The van der Waals surface area contributed by atoms with Crippen LogP contribution in [0.15, 0.2) is 78.0 Å². The lowest BCUT2D eigenvalue weighted by atomic mass is 10.0. The fourth-order valence-corrected chi connectivity index (χ4v) is 3.64. The first-order valence-corrected chi connectivity index (χ1v) is 10.1. The summed E-state index contributed by atoms with van der Waals surface area (Å²) in [6.45, 7) is 0.468. The van der Waals surface area contributed by atoms with Crippen LogP contribution in [-0.2, 0) is 11.4 Å². The van der Waals surface area contributed by atoms with Crippen molar-refractivity contribution in [2.24, 2.45) is 5.16 Å². The Bertz CT molecular complexity index is 1120. The van der Waals surface area contributed by atoms with Crippen molar-refractivity contribution in [3.63, 3.8) is 0 Å². The third-order valence-corrected chi connectivity index (χ3v) is 5.38. The van der Waals surface area contributed by atoms with E-state index in [0.29, 0.717) is 17.2 Å². The van der Waals surface area contributed by atoms with Crippen molar-refractivity contribution in [2.45, 2.75) is 19.1 Å². The zero-order valence-electron chi connectivity index (χ0n) is 16.5. The molecule has 0 radical (unpaired) electrons. The molecule has 0 spiro atoms. The van der Waals surface area contributed by atoms with Crippen LogP contribution in [0.5, 0.6) is 0 Å². The van der Waals surface area contributed by atoms with Gasteiger partial charge in [0, 0.05) is 23.6 Å². The molecule has 1 atom stereocenters. The van der Waals surface area contributed by atoms with Crippen molar-refractivity contribution in [1.82, 2.24) is 4.90 Å². The summed E-state index contributed by atoms with van der Waals surface area (Å²) < 4.78 is 26.9. The second kappa shape index (κ2) is 9.27. The van der Waals surface area contributed by atoms with E-state index in [-0.39, 0.29) is 36.5 Å². The molecule has 0 saturated carbocycles. The number of hydrogen-bond donors (Lipinski definition) is 0. The monoisotopic (exact) mass is 440 g/mol. The lowest BCUT2D eigenvalue weighted by molar-refractivity contribution is 0.0405. The molecule has 4 nitrogen and oxygen atoms in total. The quantitative estimate of drug-likeness (QED) is 0.511. The molecule has 0 unspecified atom stereocenters. The Labute approximate surface area is 183 Å². The summed E-state index contributed by atoms with van der Waals surface area (Å²) in [6, 6.07) is 18.8. The summed E-state index contributed by atoms with van der Waals surface area (Å²) in [5.74, 6) is -1.15. The van der Waals surface area contributed by atoms with Crippen LogP contribution >= 0.6 is 11.6 Å². The first-order chi connectivity index (χ1) is 15.0. The lowest BCUT2D eigenvalue weighted by Gasteiger charge is -2.25. The van der Waals surface area contributed by atoms with Crippen LogP contribution in [0.1, 0.15) is 27.9 Å². The summed E-state index contributed by atoms with van der Waals surface area (Å²) in [5.41, 5.74) is 2.45. The molecule has 0 aliphatic carbocycles. The summed E-state index contributed by atoms with van der Waals surface area (Å²) in [5, 5.41) is 4.65. The fraction of sp³-hybridized carbons (Fsp3) is 0.167. The van der Waals surface area contributed by atoms with E-state index in [9.17, 15) is 13.6 Å². The van der Waals surface area contributed by atoms with E-state index in [0.717, 1.165) is 11.1 Å². The van der Waals surface area contributed by atoms with Gasteiger partial charge in [-0.05, 0) is 47.5 Å². The highest BCUT2D eigenvalue weighted by molar-refractivity contribution is 6.31. The van der Waals surface area contributed by atoms with Gasteiger partial charge < -0.3 is 9.74 Å². The van der Waals surface area contributed by atoms with Crippen LogP contribution < -0.4 is 0 Å². The van der Waals surface area contributed by atoms with Gasteiger partial charge in [0.25, 0.3) is 5.91 Å². The largest absolute Gasteiger partial charge is 0.390 e. The highest BCUT2D eigenvalue weighted by Gasteiger charge is 2.28. The molecule has 4 rings (SSSR count). The number of rotatable bonds is 6. The van der Waals surface area contributed by atoms with Crippen molar-refractivity contribution in [1.29, 1.82) is 0 Å². The minimum absolute atomic E-state index is 0.231. The number of halogens is 3. The standard InChI is InChI=1S/C24H19ClF2N2O2/c25-22-7-2-1-4-18(22)14-29(24(30)17-5-3-6-20(27)12-17)15-21-13-23(28-31-21)16-8-10-19(26)11-9-16/h1-12,21H,13-15H2/t21-/m0/s1. The van der Waals surface area contributed by atoms with E-state index < -0.39 is 5.82 Å². The van der Waals surface area contributed by atoms with E-state index in [1.54, 1.807) is 29.2 Å². The number of nitrogens with zero attached hydrogens (tertiary/aromatic N) is 2. The minimum Gasteiger partial charge on any atom is -0.390 e. The van der Waals surface area contributed by atoms with Gasteiger partial charge in [0.05, 0.1) is 12.3 Å². The first-order valence-electron chi connectivity index (χ1n) is 9.76. The van der Waals surface area contributed by atoms with Crippen LogP contribution in [0.4, 0.5) is 8.78 Å². The van der Waals surface area contributed by atoms with Crippen LogP contribution in [0, 0.1) is 11.6 Å². The molecular formula is C24H19ClF2N2O2. The third-order valence-electron chi connectivity index (χ3n) is 5.01. The normalized spacial score (nSPS) is 15.3. The van der Waals surface area contributed by atoms with E-state index in [1.165, 1.54) is 30.3 Å². The van der Waals surface area contributed by atoms with Gasteiger partial charge in [0.15, 0.2) is 6.10 Å². The van der Waals surface area contributed by atoms with E-state index in [4.69, 9.17) is 16.4 Å². The summed E-state index contributed by atoms with van der Waals surface area (Å²) in [6.07, 6.45) is 0.0706. The minimum atomic E-state index is -0.484. The van der Waals surface area contributed by atoms with Crippen molar-refractivity contribution >= 4 is 23.2 Å². The molecule has 0 N–H and O–H groups in total. The molecule has 0 fully saturated rings. The predicted octanol–water partition coefficient (Wildman–Crippen LogP) is 5.45. The maximum Gasteiger partial charge on any atom is 0.254 e. The Hall–Kier alpha value is -3.25. The highest BCUT2D eigenvalue weighted by atomic mass is 35.5. The Balaban J connectivity index is 1.53. The first kappa shape index (κ1) is 21.0. The average Bonchev–Trinajstić information content (AvgIpc) is 3.23. The van der Waals surface area contributed by atoms with Gasteiger partial charge in [-0.1, -0.05) is 53.2 Å². The second-order valence-electron chi connectivity index (χ2n) is 7.26. The smallest absolute Gasteiger partial charge is 0.254 e. The number of amides is 1. The van der Waals surface area contributed by atoms with Crippen molar-refractivity contribution in [3.05, 3.63) is 106 Å². The molecule has 3 aromatic carbocycles.